The van der Waals surface area contributed by atoms with Crippen molar-refractivity contribution in [1.82, 2.24) is 10.2 Å². The van der Waals surface area contributed by atoms with Crippen LogP contribution in [0.25, 0.3) is 0 Å². The normalized spacial score (nSPS) is 31.7. The standard InChI is InChI=1S/C11H24N2O/c1-9(5-12-4)6-13-7-11(3)14-8-10(13)2/h9-12H,5-8H2,1-4H3. The lowest BCUT2D eigenvalue weighted by Gasteiger charge is -2.38. The summed E-state index contributed by atoms with van der Waals surface area (Å²) in [6.07, 6.45) is 0.396. The first-order valence-electron chi connectivity index (χ1n) is 5.63. The van der Waals surface area contributed by atoms with E-state index in [-0.39, 0.29) is 0 Å². The highest BCUT2D eigenvalue weighted by Gasteiger charge is 2.24. The second-order valence-corrected chi connectivity index (χ2v) is 4.61. The molecule has 0 amide bonds. The molecular weight excluding hydrogens is 176 g/mol. The topological polar surface area (TPSA) is 24.5 Å². The number of nitrogens with zero attached hydrogens (tertiary/aromatic N) is 1. The summed E-state index contributed by atoms with van der Waals surface area (Å²) in [7, 11) is 2.02. The van der Waals surface area contributed by atoms with Crippen LogP contribution in [0.1, 0.15) is 20.8 Å². The average molecular weight is 200 g/mol. The molecule has 3 heteroatoms. The Labute approximate surface area is 87.8 Å². The molecule has 0 bridgehead atoms. The van der Waals surface area contributed by atoms with Crippen molar-refractivity contribution in [3.05, 3.63) is 0 Å². The summed E-state index contributed by atoms with van der Waals surface area (Å²) in [6, 6.07) is 0.575. The molecule has 1 fully saturated rings. The fourth-order valence-electron chi connectivity index (χ4n) is 2.04. The van der Waals surface area contributed by atoms with E-state index < -0.39 is 0 Å². The van der Waals surface area contributed by atoms with Crippen molar-refractivity contribution in [3.8, 4) is 0 Å². The van der Waals surface area contributed by atoms with E-state index in [1.165, 1.54) is 6.54 Å². The van der Waals surface area contributed by atoms with Gasteiger partial charge in [-0.2, -0.15) is 0 Å². The van der Waals surface area contributed by atoms with Crippen LogP contribution in [-0.2, 0) is 4.74 Å². The van der Waals surface area contributed by atoms with Gasteiger partial charge < -0.3 is 10.1 Å². The van der Waals surface area contributed by atoms with Crippen LogP contribution in [-0.4, -0.2) is 50.3 Å². The van der Waals surface area contributed by atoms with E-state index in [0.29, 0.717) is 18.1 Å². The Hall–Kier alpha value is -0.120. The Morgan fingerprint density at radius 3 is 2.86 bits per heavy atom. The summed E-state index contributed by atoms with van der Waals surface area (Å²) in [5, 5.41) is 3.23. The third-order valence-electron chi connectivity index (χ3n) is 2.84. The molecule has 1 rings (SSSR count). The SMILES string of the molecule is CNCC(C)CN1CC(C)OCC1C. The van der Waals surface area contributed by atoms with Gasteiger partial charge in [-0.15, -0.1) is 0 Å². The smallest absolute Gasteiger partial charge is 0.0674 e. The van der Waals surface area contributed by atoms with Gasteiger partial charge in [0.2, 0.25) is 0 Å². The van der Waals surface area contributed by atoms with Crippen molar-refractivity contribution >= 4 is 0 Å². The summed E-state index contributed by atoms with van der Waals surface area (Å²) in [5.41, 5.74) is 0. The van der Waals surface area contributed by atoms with Crippen molar-refractivity contribution in [2.75, 3.05) is 33.3 Å². The minimum atomic E-state index is 0.396. The molecule has 0 saturated carbocycles. The summed E-state index contributed by atoms with van der Waals surface area (Å²) in [5.74, 6) is 0.716. The van der Waals surface area contributed by atoms with Crippen LogP contribution in [0, 0.1) is 5.92 Å². The highest BCUT2D eigenvalue weighted by molar-refractivity contribution is 4.76. The largest absolute Gasteiger partial charge is 0.376 e. The number of rotatable bonds is 4. The van der Waals surface area contributed by atoms with Crippen LogP contribution < -0.4 is 5.32 Å². The Kier molecular flexibility index (Phi) is 4.85. The maximum Gasteiger partial charge on any atom is 0.0674 e. The quantitative estimate of drug-likeness (QED) is 0.731. The van der Waals surface area contributed by atoms with E-state index in [0.717, 1.165) is 19.7 Å². The summed E-state index contributed by atoms with van der Waals surface area (Å²) < 4.78 is 5.60. The van der Waals surface area contributed by atoms with Gasteiger partial charge in [0.25, 0.3) is 0 Å². The molecule has 84 valence electrons. The van der Waals surface area contributed by atoms with Crippen molar-refractivity contribution in [2.24, 2.45) is 5.92 Å². The molecule has 14 heavy (non-hydrogen) atoms. The zero-order chi connectivity index (χ0) is 10.6. The van der Waals surface area contributed by atoms with Gasteiger partial charge in [-0.3, -0.25) is 4.90 Å². The van der Waals surface area contributed by atoms with Crippen molar-refractivity contribution < 1.29 is 4.74 Å². The minimum Gasteiger partial charge on any atom is -0.376 e. The van der Waals surface area contributed by atoms with Crippen molar-refractivity contribution in [1.29, 1.82) is 0 Å². The Balaban J connectivity index is 2.33. The maximum atomic E-state index is 5.60. The van der Waals surface area contributed by atoms with Gasteiger partial charge >= 0.3 is 0 Å². The molecule has 0 spiro atoms. The molecule has 0 aromatic rings. The zero-order valence-electron chi connectivity index (χ0n) is 9.92. The molecule has 1 aliphatic rings. The molecule has 0 aliphatic carbocycles. The first kappa shape index (κ1) is 12.0. The van der Waals surface area contributed by atoms with E-state index in [9.17, 15) is 0 Å². The van der Waals surface area contributed by atoms with Gasteiger partial charge in [-0.05, 0) is 33.4 Å². The predicted molar refractivity (Wildman–Crippen MR) is 59.5 cm³/mol. The van der Waals surface area contributed by atoms with E-state index in [2.05, 4.69) is 31.0 Å². The van der Waals surface area contributed by atoms with E-state index in [4.69, 9.17) is 4.74 Å². The fourth-order valence-corrected chi connectivity index (χ4v) is 2.04. The third kappa shape index (κ3) is 3.56. The lowest BCUT2D eigenvalue weighted by atomic mass is 10.1. The van der Waals surface area contributed by atoms with Crippen LogP contribution in [0.3, 0.4) is 0 Å². The van der Waals surface area contributed by atoms with Crippen LogP contribution in [0.2, 0.25) is 0 Å². The first-order valence-corrected chi connectivity index (χ1v) is 5.63. The molecule has 0 aromatic heterocycles. The maximum absolute atomic E-state index is 5.60. The van der Waals surface area contributed by atoms with E-state index in [1.807, 2.05) is 7.05 Å². The Morgan fingerprint density at radius 1 is 1.50 bits per heavy atom. The molecule has 3 unspecified atom stereocenters. The Morgan fingerprint density at radius 2 is 2.21 bits per heavy atom. The zero-order valence-corrected chi connectivity index (χ0v) is 9.92. The van der Waals surface area contributed by atoms with Crippen LogP contribution in [0.15, 0.2) is 0 Å². The number of hydrogen-bond acceptors (Lipinski definition) is 3. The second-order valence-electron chi connectivity index (χ2n) is 4.61. The highest BCUT2D eigenvalue weighted by Crippen LogP contribution is 2.12. The highest BCUT2D eigenvalue weighted by atomic mass is 16.5. The van der Waals surface area contributed by atoms with Gasteiger partial charge in [0, 0.05) is 19.1 Å². The average Bonchev–Trinajstić information content (AvgIpc) is 2.12. The van der Waals surface area contributed by atoms with Gasteiger partial charge in [-0.25, -0.2) is 0 Å². The first-order chi connectivity index (χ1) is 6.63. The monoisotopic (exact) mass is 200 g/mol. The number of ether oxygens (including phenoxy) is 1. The summed E-state index contributed by atoms with van der Waals surface area (Å²) >= 11 is 0. The molecule has 0 radical (unpaired) electrons. The third-order valence-corrected chi connectivity index (χ3v) is 2.84. The molecular formula is C11H24N2O. The van der Waals surface area contributed by atoms with Gasteiger partial charge in [0.05, 0.1) is 12.7 Å². The van der Waals surface area contributed by atoms with Gasteiger partial charge in [-0.1, -0.05) is 6.92 Å². The van der Waals surface area contributed by atoms with Gasteiger partial charge in [0.1, 0.15) is 0 Å². The molecule has 1 aliphatic heterocycles. The molecule has 1 heterocycles. The molecule has 3 atom stereocenters. The molecule has 1 saturated heterocycles. The van der Waals surface area contributed by atoms with Crippen LogP contribution in [0.4, 0.5) is 0 Å². The lowest BCUT2D eigenvalue weighted by molar-refractivity contribution is -0.0533. The van der Waals surface area contributed by atoms with Crippen molar-refractivity contribution in [3.63, 3.8) is 0 Å². The summed E-state index contributed by atoms with van der Waals surface area (Å²) in [6.45, 7) is 10.9. The Bertz CT molecular complexity index is 163. The molecule has 0 aromatic carbocycles. The van der Waals surface area contributed by atoms with Gasteiger partial charge in [0.15, 0.2) is 0 Å². The number of nitrogens with one attached hydrogen (secondary N) is 1. The molecule has 3 nitrogen and oxygen atoms in total. The number of morpholine rings is 1. The molecule has 1 N–H and O–H groups in total. The van der Waals surface area contributed by atoms with Crippen molar-refractivity contribution in [2.45, 2.75) is 32.9 Å². The second kappa shape index (κ2) is 5.69. The van der Waals surface area contributed by atoms with E-state index >= 15 is 0 Å². The lowest BCUT2D eigenvalue weighted by Crippen LogP contribution is -2.49. The van der Waals surface area contributed by atoms with Crippen LogP contribution in [0.5, 0.6) is 0 Å². The predicted octanol–water partition coefficient (Wildman–Crippen LogP) is 0.951. The summed E-state index contributed by atoms with van der Waals surface area (Å²) in [4.78, 5) is 2.54. The van der Waals surface area contributed by atoms with Crippen LogP contribution >= 0.6 is 0 Å². The number of hydrogen-bond donors (Lipinski definition) is 1. The van der Waals surface area contributed by atoms with E-state index in [1.54, 1.807) is 0 Å². The minimum absolute atomic E-state index is 0.396. The fraction of sp³-hybridized carbons (Fsp3) is 1.00.